The van der Waals surface area contributed by atoms with Crippen molar-refractivity contribution in [3.8, 4) is 0 Å². The van der Waals surface area contributed by atoms with Crippen molar-refractivity contribution in [3.05, 3.63) is 0 Å². The molecule has 0 aliphatic carbocycles. The largest absolute Gasteiger partial charge is 0.328 e. The molecule has 0 unspecified atom stereocenters. The van der Waals surface area contributed by atoms with E-state index in [1.807, 2.05) is 0 Å². The number of carbonyl (C=O) groups excluding carboxylic acids is 3. The molecule has 15 heavy (non-hydrogen) atoms. The summed E-state index contributed by atoms with van der Waals surface area (Å²) in [6.07, 6.45) is 1.58. The molecule has 3 N–H and O–H groups in total. The maximum atomic E-state index is 11.5. The fourth-order valence-corrected chi connectivity index (χ4v) is 2.14. The molecule has 2 aliphatic rings. The summed E-state index contributed by atoms with van der Waals surface area (Å²) >= 11 is 0. The Morgan fingerprint density at radius 3 is 2.00 bits per heavy atom. The average Bonchev–Trinajstić information content (AvgIpc) is 2.17. The van der Waals surface area contributed by atoms with Crippen LogP contribution in [0.25, 0.3) is 0 Å². The zero-order valence-electron chi connectivity index (χ0n) is 8.21. The normalized spacial score (nSPS) is 24.9. The summed E-state index contributed by atoms with van der Waals surface area (Å²) in [6, 6.07) is -0.713. The molecule has 0 saturated carbocycles. The van der Waals surface area contributed by atoms with E-state index in [0.717, 1.165) is 25.9 Å². The minimum Gasteiger partial charge on any atom is -0.317 e. The van der Waals surface area contributed by atoms with Gasteiger partial charge in [-0.1, -0.05) is 0 Å². The van der Waals surface area contributed by atoms with Gasteiger partial charge < -0.3 is 5.32 Å². The van der Waals surface area contributed by atoms with Gasteiger partial charge in [-0.25, -0.2) is 4.79 Å². The van der Waals surface area contributed by atoms with Crippen LogP contribution in [0.4, 0.5) is 4.79 Å². The van der Waals surface area contributed by atoms with Gasteiger partial charge in [0.05, 0.1) is 0 Å². The van der Waals surface area contributed by atoms with Crippen LogP contribution < -0.4 is 16.0 Å². The van der Waals surface area contributed by atoms with E-state index in [4.69, 9.17) is 0 Å². The molecule has 6 nitrogen and oxygen atoms in total. The quantitative estimate of drug-likeness (QED) is 0.484. The van der Waals surface area contributed by atoms with Crippen LogP contribution in [-0.4, -0.2) is 30.9 Å². The van der Waals surface area contributed by atoms with E-state index in [1.165, 1.54) is 0 Å². The molecule has 2 rings (SSSR count). The fourth-order valence-electron chi connectivity index (χ4n) is 2.14. The lowest BCUT2D eigenvalue weighted by Crippen LogP contribution is -2.58. The number of amides is 4. The van der Waals surface area contributed by atoms with Gasteiger partial charge in [-0.3, -0.25) is 20.2 Å². The van der Waals surface area contributed by atoms with Gasteiger partial charge in [0.15, 0.2) is 0 Å². The van der Waals surface area contributed by atoms with E-state index >= 15 is 0 Å². The number of urea groups is 1. The average molecular weight is 211 g/mol. The summed E-state index contributed by atoms with van der Waals surface area (Å²) < 4.78 is 0. The molecule has 0 spiro atoms. The molecule has 0 atom stereocenters. The zero-order valence-corrected chi connectivity index (χ0v) is 8.21. The van der Waals surface area contributed by atoms with Crippen LogP contribution in [0.5, 0.6) is 0 Å². The Morgan fingerprint density at radius 2 is 1.47 bits per heavy atom. The molecule has 2 heterocycles. The lowest BCUT2D eigenvalue weighted by atomic mass is 9.83. The summed E-state index contributed by atoms with van der Waals surface area (Å²) in [5.41, 5.74) is 0. The summed E-state index contributed by atoms with van der Waals surface area (Å²) in [7, 11) is 0. The molecule has 6 heteroatoms. The van der Waals surface area contributed by atoms with E-state index in [9.17, 15) is 14.4 Å². The molecule has 0 aromatic heterocycles. The molecule has 4 amide bonds. The Bertz CT molecular complexity index is 290. The lowest BCUT2D eigenvalue weighted by molar-refractivity contribution is -0.138. The number of imide groups is 2. The smallest absolute Gasteiger partial charge is 0.317 e. The zero-order chi connectivity index (χ0) is 10.8. The van der Waals surface area contributed by atoms with Gasteiger partial charge in [0.1, 0.15) is 5.92 Å². The first-order chi connectivity index (χ1) is 7.18. The van der Waals surface area contributed by atoms with Gasteiger partial charge in [-0.15, -0.1) is 0 Å². The van der Waals surface area contributed by atoms with Gasteiger partial charge in [-0.05, 0) is 31.8 Å². The minimum absolute atomic E-state index is 0.0411. The topological polar surface area (TPSA) is 87.3 Å². The number of hydrogen-bond acceptors (Lipinski definition) is 4. The predicted molar refractivity (Wildman–Crippen MR) is 50.8 cm³/mol. The number of nitrogens with one attached hydrogen (secondary N) is 3. The molecule has 82 valence electrons. The maximum Gasteiger partial charge on any atom is 0.328 e. The van der Waals surface area contributed by atoms with Crippen molar-refractivity contribution in [1.82, 2.24) is 16.0 Å². The van der Waals surface area contributed by atoms with Crippen molar-refractivity contribution in [3.63, 3.8) is 0 Å². The van der Waals surface area contributed by atoms with Gasteiger partial charge in [0.25, 0.3) is 0 Å². The van der Waals surface area contributed by atoms with Crippen molar-refractivity contribution in [2.75, 3.05) is 13.1 Å². The second kappa shape index (κ2) is 3.98. The van der Waals surface area contributed by atoms with Crippen molar-refractivity contribution >= 4 is 17.8 Å². The van der Waals surface area contributed by atoms with Gasteiger partial charge >= 0.3 is 6.03 Å². The van der Waals surface area contributed by atoms with E-state index in [0.29, 0.717) is 0 Å². The second-order valence-electron chi connectivity index (χ2n) is 3.87. The molecule has 0 bridgehead atoms. The molecule has 2 aliphatic heterocycles. The molecule has 2 fully saturated rings. The van der Waals surface area contributed by atoms with Crippen LogP contribution in [0.3, 0.4) is 0 Å². The highest BCUT2D eigenvalue weighted by Crippen LogP contribution is 2.23. The third-order valence-electron chi connectivity index (χ3n) is 2.89. The van der Waals surface area contributed by atoms with Crippen molar-refractivity contribution in [2.45, 2.75) is 12.8 Å². The van der Waals surface area contributed by atoms with E-state index in [-0.39, 0.29) is 5.92 Å². The first kappa shape index (κ1) is 10.1. The van der Waals surface area contributed by atoms with Crippen LogP contribution in [-0.2, 0) is 9.59 Å². The van der Waals surface area contributed by atoms with Crippen LogP contribution in [0.1, 0.15) is 12.8 Å². The van der Waals surface area contributed by atoms with Gasteiger partial charge in [-0.2, -0.15) is 0 Å². The number of hydrogen-bond donors (Lipinski definition) is 3. The van der Waals surface area contributed by atoms with E-state index in [2.05, 4.69) is 16.0 Å². The highest BCUT2D eigenvalue weighted by Gasteiger charge is 2.40. The number of rotatable bonds is 1. The Kier molecular flexibility index (Phi) is 2.68. The Morgan fingerprint density at radius 1 is 0.933 bits per heavy atom. The summed E-state index contributed by atoms with van der Waals surface area (Å²) in [5.74, 6) is -1.59. The summed E-state index contributed by atoms with van der Waals surface area (Å²) in [4.78, 5) is 33.8. The van der Waals surface area contributed by atoms with Crippen LogP contribution in [0, 0.1) is 11.8 Å². The Balaban J connectivity index is 2.09. The predicted octanol–water partition coefficient (Wildman–Crippen LogP) is -1.03. The highest BCUT2D eigenvalue weighted by atomic mass is 16.2. The minimum atomic E-state index is -0.713. The third-order valence-corrected chi connectivity index (χ3v) is 2.89. The molecular weight excluding hydrogens is 198 g/mol. The van der Waals surface area contributed by atoms with Crippen molar-refractivity contribution < 1.29 is 14.4 Å². The number of barbiturate groups is 1. The second-order valence-corrected chi connectivity index (χ2v) is 3.87. The number of piperidine rings is 1. The maximum absolute atomic E-state index is 11.5. The first-order valence-electron chi connectivity index (χ1n) is 5.05. The fraction of sp³-hybridized carbons (Fsp3) is 0.667. The van der Waals surface area contributed by atoms with Crippen LogP contribution in [0.15, 0.2) is 0 Å². The third kappa shape index (κ3) is 1.99. The van der Waals surface area contributed by atoms with Crippen LogP contribution in [0.2, 0.25) is 0 Å². The SMILES string of the molecule is O=C1NC(=O)C(C2CCNCC2)C(=O)N1. The van der Waals surface area contributed by atoms with Gasteiger partial charge in [0.2, 0.25) is 11.8 Å². The van der Waals surface area contributed by atoms with Crippen molar-refractivity contribution in [1.29, 1.82) is 0 Å². The van der Waals surface area contributed by atoms with Crippen LogP contribution >= 0.6 is 0 Å². The van der Waals surface area contributed by atoms with E-state index in [1.54, 1.807) is 0 Å². The molecule has 0 aromatic rings. The number of carbonyl (C=O) groups is 3. The van der Waals surface area contributed by atoms with E-state index < -0.39 is 23.8 Å². The standard InChI is InChI=1S/C9H13N3O3/c13-7-6(5-1-3-10-4-2-5)8(14)12-9(15)11-7/h5-6,10H,1-4H2,(H2,11,12,13,14,15). The van der Waals surface area contributed by atoms with Gasteiger partial charge in [0, 0.05) is 0 Å². The lowest BCUT2D eigenvalue weighted by Gasteiger charge is -2.30. The molecular formula is C9H13N3O3. The molecule has 2 saturated heterocycles. The Labute approximate surface area is 86.8 Å². The highest BCUT2D eigenvalue weighted by molar-refractivity contribution is 6.16. The first-order valence-corrected chi connectivity index (χ1v) is 5.05. The molecule has 0 aromatic carbocycles. The van der Waals surface area contributed by atoms with Crippen molar-refractivity contribution in [2.24, 2.45) is 11.8 Å². The molecule has 0 radical (unpaired) electrons. The summed E-state index contributed by atoms with van der Waals surface area (Å²) in [5, 5.41) is 7.42. The summed E-state index contributed by atoms with van der Waals surface area (Å²) in [6.45, 7) is 1.63. The Hall–Kier alpha value is -1.43. The monoisotopic (exact) mass is 211 g/mol.